The molecule has 0 bridgehead atoms. The van der Waals surface area contributed by atoms with Gasteiger partial charge in [-0.15, -0.1) is 0 Å². The number of benzene rings is 1. The van der Waals surface area contributed by atoms with Crippen molar-refractivity contribution in [1.82, 2.24) is 4.57 Å². The van der Waals surface area contributed by atoms with E-state index in [9.17, 15) is 9.59 Å². The van der Waals surface area contributed by atoms with Crippen LogP contribution in [0, 0.1) is 13.8 Å². The first-order valence-corrected chi connectivity index (χ1v) is 8.48. The number of hydrogen-bond donors (Lipinski definition) is 0. The van der Waals surface area contributed by atoms with Crippen LogP contribution < -0.4 is 0 Å². The number of halogens is 1. The van der Waals surface area contributed by atoms with E-state index in [1.807, 2.05) is 30.5 Å². The quantitative estimate of drug-likeness (QED) is 0.474. The van der Waals surface area contributed by atoms with E-state index in [1.165, 1.54) is 0 Å². The number of esters is 1. The molecule has 0 N–H and O–H groups in total. The number of aromatic nitrogens is 1. The van der Waals surface area contributed by atoms with Crippen LogP contribution in [0.1, 0.15) is 37.9 Å². The third-order valence-electron chi connectivity index (χ3n) is 4.18. The van der Waals surface area contributed by atoms with Gasteiger partial charge in [0.05, 0.1) is 18.4 Å². The normalized spacial score (nSPS) is 10.7. The number of rotatable bonds is 6. The highest BCUT2D eigenvalue weighted by Gasteiger charge is 2.18. The molecule has 6 heteroatoms. The minimum atomic E-state index is -0.556. The summed E-state index contributed by atoms with van der Waals surface area (Å²) in [6.07, 6.45) is 1.62. The Morgan fingerprint density at radius 2 is 1.88 bits per heavy atom. The van der Waals surface area contributed by atoms with Crippen LogP contribution in [-0.4, -0.2) is 22.9 Å². The molecule has 0 radical (unpaired) electrons. The third-order valence-corrected chi connectivity index (χ3v) is 4.43. The molecule has 26 heavy (non-hydrogen) atoms. The molecular weight excluding hydrogens is 354 g/mol. The third kappa shape index (κ3) is 3.89. The number of carbonyl (C=O) groups excluding carboxylic acids is 2. The Balaban J connectivity index is 1.68. The van der Waals surface area contributed by atoms with E-state index in [0.717, 1.165) is 17.1 Å². The van der Waals surface area contributed by atoms with Crippen LogP contribution in [0.4, 0.5) is 0 Å². The minimum Gasteiger partial charge on any atom is -0.467 e. The highest BCUT2D eigenvalue weighted by atomic mass is 35.5. The fourth-order valence-corrected chi connectivity index (χ4v) is 2.89. The fourth-order valence-electron chi connectivity index (χ4n) is 2.76. The molecule has 0 saturated carbocycles. The number of nitrogens with zero attached hydrogens (tertiary/aromatic N) is 1. The van der Waals surface area contributed by atoms with Gasteiger partial charge in [0.25, 0.3) is 0 Å². The molecule has 5 nitrogen and oxygen atoms in total. The minimum absolute atomic E-state index is 0.244. The molecule has 0 aliphatic heterocycles. The summed E-state index contributed by atoms with van der Waals surface area (Å²) in [5.41, 5.74) is 2.64. The van der Waals surface area contributed by atoms with Gasteiger partial charge in [-0.2, -0.15) is 0 Å². The second-order valence-corrected chi connectivity index (χ2v) is 6.39. The maximum atomic E-state index is 12.5. The second-order valence-electron chi connectivity index (χ2n) is 5.96. The molecule has 2 heterocycles. The first-order chi connectivity index (χ1) is 12.5. The average Bonchev–Trinajstić information content (AvgIpc) is 3.24. The number of ether oxygens (including phenoxy) is 1. The van der Waals surface area contributed by atoms with E-state index >= 15 is 0 Å². The summed E-state index contributed by atoms with van der Waals surface area (Å²) in [7, 11) is 0. The molecule has 3 aromatic rings. The number of Topliss-reactive ketones (excluding diaryl/α,β-unsaturated/α-hetero) is 1. The van der Waals surface area contributed by atoms with Gasteiger partial charge in [-0.25, -0.2) is 4.79 Å². The average molecular weight is 372 g/mol. The molecule has 0 amide bonds. The fraction of sp³-hybridized carbons (Fsp3) is 0.200. The van der Waals surface area contributed by atoms with Gasteiger partial charge in [0.1, 0.15) is 5.76 Å². The molecule has 3 rings (SSSR count). The number of aryl methyl sites for hydroxylation is 1. The lowest BCUT2D eigenvalue weighted by Crippen LogP contribution is -2.15. The maximum absolute atomic E-state index is 12.5. The Morgan fingerprint density at radius 3 is 2.54 bits per heavy atom. The molecule has 0 aliphatic rings. The second kappa shape index (κ2) is 7.62. The van der Waals surface area contributed by atoms with E-state index in [4.69, 9.17) is 20.8 Å². The van der Waals surface area contributed by atoms with Crippen molar-refractivity contribution >= 4 is 23.4 Å². The van der Waals surface area contributed by atoms with Gasteiger partial charge in [0.15, 0.2) is 6.61 Å². The predicted octanol–water partition coefficient (Wildman–Crippen LogP) is 4.44. The van der Waals surface area contributed by atoms with Gasteiger partial charge in [0, 0.05) is 22.0 Å². The van der Waals surface area contributed by atoms with Gasteiger partial charge in [-0.1, -0.05) is 11.6 Å². The Bertz CT molecular complexity index is 924. The van der Waals surface area contributed by atoms with Crippen molar-refractivity contribution in [2.24, 2.45) is 0 Å². The molecular formula is C20H18ClNO4. The van der Waals surface area contributed by atoms with Gasteiger partial charge in [-0.3, -0.25) is 4.79 Å². The monoisotopic (exact) mass is 371 g/mol. The summed E-state index contributed by atoms with van der Waals surface area (Å²) < 4.78 is 12.5. The summed E-state index contributed by atoms with van der Waals surface area (Å²) >= 11 is 5.79. The molecule has 0 spiro atoms. The van der Waals surface area contributed by atoms with Gasteiger partial charge >= 0.3 is 5.97 Å². The van der Waals surface area contributed by atoms with Crippen LogP contribution in [0.3, 0.4) is 0 Å². The highest BCUT2D eigenvalue weighted by Crippen LogP contribution is 2.18. The van der Waals surface area contributed by atoms with Crippen LogP contribution in [0.5, 0.6) is 0 Å². The molecule has 0 aliphatic carbocycles. The topological polar surface area (TPSA) is 61.4 Å². The first-order valence-electron chi connectivity index (χ1n) is 8.10. The summed E-state index contributed by atoms with van der Waals surface area (Å²) in [6.45, 7) is 4.02. The van der Waals surface area contributed by atoms with Crippen LogP contribution in [0.25, 0.3) is 0 Å². The summed E-state index contributed by atoms with van der Waals surface area (Å²) in [5, 5.41) is 0.529. The predicted molar refractivity (Wildman–Crippen MR) is 97.8 cm³/mol. The molecule has 134 valence electrons. The van der Waals surface area contributed by atoms with E-state index in [0.29, 0.717) is 22.7 Å². The number of furan rings is 1. The standard InChI is InChI=1S/C20H18ClNO4/c1-13-10-18(14(2)22(13)11-17-4-3-9-25-17)19(23)12-26-20(24)15-5-7-16(21)8-6-15/h3-10H,11-12H2,1-2H3. The summed E-state index contributed by atoms with van der Waals surface area (Å²) in [6, 6.07) is 11.8. The van der Waals surface area contributed by atoms with Crippen molar-refractivity contribution in [3.05, 3.63) is 82.0 Å². The van der Waals surface area contributed by atoms with Crippen LogP contribution in [0.2, 0.25) is 5.02 Å². The first kappa shape index (κ1) is 18.0. The molecule has 2 aromatic heterocycles. The van der Waals surface area contributed by atoms with Gasteiger partial charge < -0.3 is 13.7 Å². The Labute approximate surface area is 156 Å². The van der Waals surface area contributed by atoms with Crippen molar-refractivity contribution in [2.45, 2.75) is 20.4 Å². The molecule has 0 atom stereocenters. The highest BCUT2D eigenvalue weighted by molar-refractivity contribution is 6.30. The lowest BCUT2D eigenvalue weighted by Gasteiger charge is -2.08. The van der Waals surface area contributed by atoms with E-state index in [1.54, 1.807) is 36.6 Å². The van der Waals surface area contributed by atoms with E-state index in [2.05, 4.69) is 0 Å². The SMILES string of the molecule is Cc1cc(C(=O)COC(=O)c2ccc(Cl)cc2)c(C)n1Cc1ccco1. The van der Waals surface area contributed by atoms with Crippen LogP contribution in [0.15, 0.2) is 53.1 Å². The maximum Gasteiger partial charge on any atom is 0.338 e. The van der Waals surface area contributed by atoms with Crippen molar-refractivity contribution in [3.8, 4) is 0 Å². The smallest absolute Gasteiger partial charge is 0.338 e. The zero-order valence-corrected chi connectivity index (χ0v) is 15.2. The number of ketones is 1. The van der Waals surface area contributed by atoms with E-state index in [-0.39, 0.29) is 12.4 Å². The van der Waals surface area contributed by atoms with Crippen molar-refractivity contribution in [3.63, 3.8) is 0 Å². The van der Waals surface area contributed by atoms with Crippen LogP contribution in [-0.2, 0) is 11.3 Å². The number of hydrogen-bond acceptors (Lipinski definition) is 4. The molecule has 1 aromatic carbocycles. The van der Waals surface area contributed by atoms with Crippen molar-refractivity contribution < 1.29 is 18.7 Å². The van der Waals surface area contributed by atoms with Gasteiger partial charge in [-0.05, 0) is 56.3 Å². The van der Waals surface area contributed by atoms with Crippen molar-refractivity contribution in [2.75, 3.05) is 6.61 Å². The largest absolute Gasteiger partial charge is 0.467 e. The zero-order valence-electron chi connectivity index (χ0n) is 14.5. The lowest BCUT2D eigenvalue weighted by molar-refractivity contribution is 0.0474. The van der Waals surface area contributed by atoms with E-state index < -0.39 is 5.97 Å². The van der Waals surface area contributed by atoms with Crippen molar-refractivity contribution in [1.29, 1.82) is 0 Å². The Hall–Kier alpha value is -2.79. The molecule has 0 unspecified atom stereocenters. The lowest BCUT2D eigenvalue weighted by atomic mass is 10.1. The Morgan fingerprint density at radius 1 is 1.15 bits per heavy atom. The van der Waals surface area contributed by atoms with Gasteiger partial charge in [0.2, 0.25) is 5.78 Å². The Kier molecular flexibility index (Phi) is 5.28. The zero-order chi connectivity index (χ0) is 18.7. The van der Waals surface area contributed by atoms with Crippen LogP contribution >= 0.6 is 11.6 Å². The molecule has 0 saturated heterocycles. The molecule has 0 fully saturated rings. The number of carbonyl (C=O) groups is 2. The summed E-state index contributed by atoms with van der Waals surface area (Å²) in [5.74, 6) is 0.00508. The summed E-state index contributed by atoms with van der Waals surface area (Å²) in [4.78, 5) is 24.5.